The van der Waals surface area contributed by atoms with Gasteiger partial charge in [-0.1, -0.05) is 30.3 Å². The SMILES string of the molecule is CC(=O)Nc1cccc(CCN2CCC3(CC2)CN(c2ccccc2)C(=O)[C@@H](C)O3)c1. The number of benzene rings is 2. The summed E-state index contributed by atoms with van der Waals surface area (Å²) in [5.41, 5.74) is 2.74. The number of hydrogen-bond acceptors (Lipinski definition) is 4. The van der Waals surface area contributed by atoms with Crippen LogP contribution in [0.5, 0.6) is 0 Å². The Balaban J connectivity index is 1.34. The molecule has 31 heavy (non-hydrogen) atoms. The standard InChI is InChI=1S/C25H31N3O3/c1-19-24(30)28(23-9-4-3-5-10-23)18-25(31-19)12-15-27(16-13-25)14-11-21-7-6-8-22(17-21)26-20(2)29/h3-10,17,19H,11-16,18H2,1-2H3,(H,26,29)/t19-/m1/s1. The lowest BCUT2D eigenvalue weighted by atomic mass is 9.88. The Morgan fingerprint density at radius 1 is 1.13 bits per heavy atom. The van der Waals surface area contributed by atoms with Crippen LogP contribution in [0.25, 0.3) is 0 Å². The van der Waals surface area contributed by atoms with Crippen molar-refractivity contribution in [3.05, 3.63) is 60.2 Å². The zero-order valence-corrected chi connectivity index (χ0v) is 18.3. The number of morpholine rings is 1. The van der Waals surface area contributed by atoms with Gasteiger partial charge in [-0.05, 0) is 56.0 Å². The van der Waals surface area contributed by atoms with Gasteiger partial charge in [0, 0.05) is 37.9 Å². The number of piperidine rings is 1. The summed E-state index contributed by atoms with van der Waals surface area (Å²) in [4.78, 5) is 28.4. The van der Waals surface area contributed by atoms with Crippen molar-refractivity contribution in [1.29, 1.82) is 0 Å². The van der Waals surface area contributed by atoms with Crippen molar-refractivity contribution in [2.45, 2.75) is 44.8 Å². The second kappa shape index (κ2) is 9.20. The molecule has 6 heteroatoms. The quantitative estimate of drug-likeness (QED) is 0.803. The van der Waals surface area contributed by atoms with E-state index < -0.39 is 6.10 Å². The van der Waals surface area contributed by atoms with E-state index in [0.717, 1.165) is 50.3 Å². The van der Waals surface area contributed by atoms with Gasteiger partial charge in [0.05, 0.1) is 12.1 Å². The first kappa shape index (κ1) is 21.5. The zero-order valence-electron chi connectivity index (χ0n) is 18.3. The number of nitrogens with one attached hydrogen (secondary N) is 1. The maximum atomic E-state index is 12.7. The Hall–Kier alpha value is -2.70. The van der Waals surface area contributed by atoms with Gasteiger partial charge in [-0.3, -0.25) is 9.59 Å². The highest BCUT2D eigenvalue weighted by molar-refractivity contribution is 5.97. The molecule has 6 nitrogen and oxygen atoms in total. The van der Waals surface area contributed by atoms with Crippen LogP contribution >= 0.6 is 0 Å². The summed E-state index contributed by atoms with van der Waals surface area (Å²) in [6.45, 7) is 6.89. The van der Waals surface area contributed by atoms with Crippen LogP contribution in [0.2, 0.25) is 0 Å². The smallest absolute Gasteiger partial charge is 0.255 e. The van der Waals surface area contributed by atoms with E-state index in [0.29, 0.717) is 6.54 Å². The van der Waals surface area contributed by atoms with Gasteiger partial charge < -0.3 is 19.9 Å². The molecular weight excluding hydrogens is 390 g/mol. The van der Waals surface area contributed by atoms with Gasteiger partial charge in [0.15, 0.2) is 0 Å². The predicted molar refractivity (Wildman–Crippen MR) is 122 cm³/mol. The Morgan fingerprint density at radius 3 is 2.58 bits per heavy atom. The van der Waals surface area contributed by atoms with Crippen LogP contribution in [0.15, 0.2) is 54.6 Å². The van der Waals surface area contributed by atoms with E-state index in [9.17, 15) is 9.59 Å². The molecule has 2 saturated heterocycles. The highest BCUT2D eigenvalue weighted by atomic mass is 16.5. The first-order valence-corrected chi connectivity index (χ1v) is 11.1. The molecule has 164 valence electrons. The summed E-state index contributed by atoms with van der Waals surface area (Å²) < 4.78 is 6.28. The summed E-state index contributed by atoms with van der Waals surface area (Å²) in [5, 5.41) is 2.85. The first-order chi connectivity index (χ1) is 14.9. The molecule has 0 aliphatic carbocycles. The van der Waals surface area contributed by atoms with E-state index >= 15 is 0 Å². The number of para-hydroxylation sites is 1. The van der Waals surface area contributed by atoms with E-state index in [4.69, 9.17) is 4.74 Å². The average molecular weight is 422 g/mol. The third-order valence-electron chi connectivity index (χ3n) is 6.29. The lowest BCUT2D eigenvalue weighted by Crippen LogP contribution is -2.61. The topological polar surface area (TPSA) is 61.9 Å². The van der Waals surface area contributed by atoms with Crippen LogP contribution < -0.4 is 10.2 Å². The molecule has 2 fully saturated rings. The normalized spacial score (nSPS) is 21.3. The summed E-state index contributed by atoms with van der Waals surface area (Å²) in [5.74, 6) is -0.0125. The maximum Gasteiger partial charge on any atom is 0.255 e. The van der Waals surface area contributed by atoms with E-state index in [1.165, 1.54) is 12.5 Å². The van der Waals surface area contributed by atoms with E-state index in [1.54, 1.807) is 0 Å². The van der Waals surface area contributed by atoms with Gasteiger partial charge in [-0.15, -0.1) is 0 Å². The number of hydrogen-bond donors (Lipinski definition) is 1. The fraction of sp³-hybridized carbons (Fsp3) is 0.440. The number of likely N-dealkylation sites (tertiary alicyclic amines) is 1. The number of carbonyl (C=O) groups excluding carboxylic acids is 2. The zero-order chi connectivity index (χ0) is 21.8. The van der Waals surface area contributed by atoms with Crippen molar-refractivity contribution in [2.24, 2.45) is 0 Å². The molecule has 2 aliphatic heterocycles. The Kier molecular flexibility index (Phi) is 6.39. The minimum atomic E-state index is -0.419. The van der Waals surface area contributed by atoms with Crippen LogP contribution in [0.4, 0.5) is 11.4 Å². The third-order valence-corrected chi connectivity index (χ3v) is 6.29. The van der Waals surface area contributed by atoms with Crippen LogP contribution in [-0.2, 0) is 20.7 Å². The molecule has 2 aliphatic rings. The highest BCUT2D eigenvalue weighted by Crippen LogP contribution is 2.35. The fourth-order valence-electron chi connectivity index (χ4n) is 4.63. The van der Waals surface area contributed by atoms with Gasteiger partial charge >= 0.3 is 0 Å². The van der Waals surface area contributed by atoms with Crippen molar-refractivity contribution in [3.63, 3.8) is 0 Å². The molecule has 1 atom stereocenters. The van der Waals surface area contributed by atoms with Gasteiger partial charge in [0.25, 0.3) is 5.91 Å². The molecule has 2 aromatic carbocycles. The Labute approximate surface area is 184 Å². The van der Waals surface area contributed by atoms with Crippen LogP contribution in [-0.4, -0.2) is 54.6 Å². The fourth-order valence-corrected chi connectivity index (χ4v) is 4.63. The van der Waals surface area contributed by atoms with Gasteiger partial charge in [0.1, 0.15) is 6.10 Å². The van der Waals surface area contributed by atoms with Crippen LogP contribution in [0, 0.1) is 0 Å². The summed E-state index contributed by atoms with van der Waals surface area (Å²) in [7, 11) is 0. The van der Waals surface area contributed by atoms with Gasteiger partial charge in [-0.25, -0.2) is 0 Å². The lowest BCUT2D eigenvalue weighted by molar-refractivity contribution is -0.161. The Morgan fingerprint density at radius 2 is 1.87 bits per heavy atom. The highest BCUT2D eigenvalue weighted by Gasteiger charge is 2.45. The minimum absolute atomic E-state index is 0.0401. The monoisotopic (exact) mass is 421 g/mol. The second-order valence-corrected chi connectivity index (χ2v) is 8.68. The first-order valence-electron chi connectivity index (χ1n) is 11.1. The van der Waals surface area contributed by atoms with Gasteiger partial charge in [0.2, 0.25) is 5.91 Å². The van der Waals surface area contributed by atoms with E-state index in [2.05, 4.69) is 16.3 Å². The van der Waals surface area contributed by atoms with Crippen LogP contribution in [0.3, 0.4) is 0 Å². The van der Waals surface area contributed by atoms with Crippen LogP contribution in [0.1, 0.15) is 32.3 Å². The molecule has 0 saturated carbocycles. The molecule has 0 aromatic heterocycles. The number of amides is 2. The molecule has 0 radical (unpaired) electrons. The number of carbonyl (C=O) groups is 2. The molecule has 2 aromatic rings. The molecule has 1 N–H and O–H groups in total. The number of rotatable bonds is 5. The molecule has 4 rings (SSSR count). The average Bonchev–Trinajstić information content (AvgIpc) is 2.76. The van der Waals surface area contributed by atoms with E-state index in [-0.39, 0.29) is 17.4 Å². The lowest BCUT2D eigenvalue weighted by Gasteiger charge is -2.49. The molecule has 1 spiro atoms. The maximum absolute atomic E-state index is 12.7. The molecular formula is C25H31N3O3. The summed E-state index contributed by atoms with van der Waals surface area (Å²) >= 11 is 0. The summed E-state index contributed by atoms with van der Waals surface area (Å²) in [6, 6.07) is 17.9. The number of anilines is 2. The summed E-state index contributed by atoms with van der Waals surface area (Å²) in [6.07, 6.45) is 2.35. The number of nitrogens with zero attached hydrogens (tertiary/aromatic N) is 2. The van der Waals surface area contributed by atoms with Crippen molar-refractivity contribution in [2.75, 3.05) is 36.4 Å². The van der Waals surface area contributed by atoms with Gasteiger partial charge in [-0.2, -0.15) is 0 Å². The number of ether oxygens (including phenoxy) is 1. The van der Waals surface area contributed by atoms with Crippen molar-refractivity contribution >= 4 is 23.2 Å². The van der Waals surface area contributed by atoms with Crippen molar-refractivity contribution < 1.29 is 14.3 Å². The molecule has 2 amide bonds. The third kappa shape index (κ3) is 5.14. The Bertz CT molecular complexity index is 923. The minimum Gasteiger partial charge on any atom is -0.360 e. The van der Waals surface area contributed by atoms with E-state index in [1.807, 2.05) is 60.4 Å². The van der Waals surface area contributed by atoms with Crippen molar-refractivity contribution in [3.8, 4) is 0 Å². The predicted octanol–water partition coefficient (Wildman–Crippen LogP) is 3.47. The molecule has 0 bridgehead atoms. The molecule has 2 heterocycles. The largest absolute Gasteiger partial charge is 0.360 e. The molecule has 0 unspecified atom stereocenters. The second-order valence-electron chi connectivity index (χ2n) is 8.68. The van der Waals surface area contributed by atoms with Crippen molar-refractivity contribution in [1.82, 2.24) is 4.90 Å².